The SMILES string of the molecule is CCOc1ccc(C(N)CCCN)cc1F. The number of ether oxygens (including phenoxy) is 1. The molecule has 0 radical (unpaired) electrons. The second-order valence-electron chi connectivity index (χ2n) is 3.66. The van der Waals surface area contributed by atoms with E-state index in [-0.39, 0.29) is 17.6 Å². The van der Waals surface area contributed by atoms with E-state index in [4.69, 9.17) is 16.2 Å². The first kappa shape index (κ1) is 12.9. The molecule has 0 bridgehead atoms. The Labute approximate surface area is 95.6 Å². The quantitative estimate of drug-likeness (QED) is 0.779. The fourth-order valence-electron chi connectivity index (χ4n) is 1.52. The molecule has 0 aliphatic rings. The van der Waals surface area contributed by atoms with E-state index in [0.717, 1.165) is 18.4 Å². The van der Waals surface area contributed by atoms with Gasteiger partial charge < -0.3 is 16.2 Å². The van der Waals surface area contributed by atoms with Crippen LogP contribution in [0.1, 0.15) is 31.4 Å². The van der Waals surface area contributed by atoms with Gasteiger partial charge in [0.15, 0.2) is 11.6 Å². The Morgan fingerprint density at radius 1 is 1.44 bits per heavy atom. The van der Waals surface area contributed by atoms with Gasteiger partial charge in [0.1, 0.15) is 0 Å². The van der Waals surface area contributed by atoms with Gasteiger partial charge in [-0.25, -0.2) is 4.39 Å². The Kier molecular flexibility index (Phi) is 5.22. The van der Waals surface area contributed by atoms with Gasteiger partial charge in [-0.15, -0.1) is 0 Å². The molecule has 1 atom stereocenters. The van der Waals surface area contributed by atoms with Crippen molar-refractivity contribution in [1.29, 1.82) is 0 Å². The van der Waals surface area contributed by atoms with E-state index in [2.05, 4.69) is 0 Å². The van der Waals surface area contributed by atoms with Crippen molar-refractivity contribution in [1.82, 2.24) is 0 Å². The van der Waals surface area contributed by atoms with E-state index >= 15 is 0 Å². The zero-order valence-corrected chi connectivity index (χ0v) is 9.58. The van der Waals surface area contributed by atoms with Gasteiger partial charge in [0.25, 0.3) is 0 Å². The van der Waals surface area contributed by atoms with Gasteiger partial charge in [0, 0.05) is 6.04 Å². The van der Waals surface area contributed by atoms with E-state index in [9.17, 15) is 4.39 Å². The van der Waals surface area contributed by atoms with Crippen molar-refractivity contribution in [2.45, 2.75) is 25.8 Å². The number of hydrogen-bond acceptors (Lipinski definition) is 3. The number of rotatable bonds is 6. The lowest BCUT2D eigenvalue weighted by molar-refractivity contribution is 0.321. The molecular weight excluding hydrogens is 207 g/mol. The van der Waals surface area contributed by atoms with Crippen molar-refractivity contribution in [3.63, 3.8) is 0 Å². The third-order valence-corrected chi connectivity index (χ3v) is 2.40. The van der Waals surface area contributed by atoms with Gasteiger partial charge in [0.05, 0.1) is 6.61 Å². The lowest BCUT2D eigenvalue weighted by atomic mass is 10.0. The standard InChI is InChI=1S/C12H19FN2O/c1-2-16-12-6-5-9(8-10(12)13)11(15)4-3-7-14/h5-6,8,11H,2-4,7,14-15H2,1H3. The summed E-state index contributed by atoms with van der Waals surface area (Å²) < 4.78 is 18.6. The molecule has 0 spiro atoms. The minimum absolute atomic E-state index is 0.159. The van der Waals surface area contributed by atoms with Crippen LogP contribution in [0.3, 0.4) is 0 Å². The summed E-state index contributed by atoms with van der Waals surface area (Å²) in [5, 5.41) is 0. The third kappa shape index (κ3) is 3.47. The molecular formula is C12H19FN2O. The van der Waals surface area contributed by atoms with E-state index in [0.29, 0.717) is 13.2 Å². The maximum absolute atomic E-state index is 13.5. The van der Waals surface area contributed by atoms with Crippen LogP contribution >= 0.6 is 0 Å². The molecule has 0 heterocycles. The predicted octanol–water partition coefficient (Wildman–Crippen LogP) is 1.96. The average Bonchev–Trinajstić information content (AvgIpc) is 2.29. The molecule has 0 saturated heterocycles. The summed E-state index contributed by atoms with van der Waals surface area (Å²) in [6.07, 6.45) is 1.61. The van der Waals surface area contributed by atoms with E-state index in [1.165, 1.54) is 6.07 Å². The van der Waals surface area contributed by atoms with E-state index in [1.807, 2.05) is 6.92 Å². The monoisotopic (exact) mass is 226 g/mol. The molecule has 0 aliphatic heterocycles. The van der Waals surface area contributed by atoms with Crippen molar-refractivity contribution in [2.24, 2.45) is 11.5 Å². The van der Waals surface area contributed by atoms with Crippen LogP contribution in [0.5, 0.6) is 5.75 Å². The minimum Gasteiger partial charge on any atom is -0.491 e. The van der Waals surface area contributed by atoms with Crippen molar-refractivity contribution in [2.75, 3.05) is 13.2 Å². The molecule has 90 valence electrons. The second kappa shape index (κ2) is 6.45. The third-order valence-electron chi connectivity index (χ3n) is 2.40. The molecule has 0 saturated carbocycles. The van der Waals surface area contributed by atoms with Crippen LogP contribution in [-0.2, 0) is 0 Å². The highest BCUT2D eigenvalue weighted by Crippen LogP contribution is 2.23. The average molecular weight is 226 g/mol. The predicted molar refractivity (Wildman–Crippen MR) is 62.8 cm³/mol. The van der Waals surface area contributed by atoms with Crippen molar-refractivity contribution in [3.8, 4) is 5.75 Å². The Morgan fingerprint density at radius 3 is 2.75 bits per heavy atom. The highest BCUT2D eigenvalue weighted by atomic mass is 19.1. The van der Waals surface area contributed by atoms with Gasteiger partial charge in [0.2, 0.25) is 0 Å². The summed E-state index contributed by atoms with van der Waals surface area (Å²) in [5.74, 6) is -0.0835. The zero-order chi connectivity index (χ0) is 12.0. The van der Waals surface area contributed by atoms with Crippen molar-refractivity contribution in [3.05, 3.63) is 29.6 Å². The Morgan fingerprint density at radius 2 is 2.19 bits per heavy atom. The summed E-state index contributed by atoms with van der Waals surface area (Å²) in [7, 11) is 0. The Hall–Kier alpha value is -1.13. The summed E-state index contributed by atoms with van der Waals surface area (Å²) >= 11 is 0. The first-order chi connectivity index (χ1) is 7.69. The Balaban J connectivity index is 2.71. The second-order valence-corrected chi connectivity index (χ2v) is 3.66. The van der Waals surface area contributed by atoms with Gasteiger partial charge in [-0.05, 0) is 44.0 Å². The highest BCUT2D eigenvalue weighted by molar-refractivity contribution is 5.30. The maximum Gasteiger partial charge on any atom is 0.165 e. The molecule has 0 aromatic heterocycles. The van der Waals surface area contributed by atoms with Crippen LogP contribution in [0.25, 0.3) is 0 Å². The van der Waals surface area contributed by atoms with Gasteiger partial charge in [-0.3, -0.25) is 0 Å². The number of nitrogens with two attached hydrogens (primary N) is 2. The van der Waals surface area contributed by atoms with Crippen molar-refractivity contribution >= 4 is 0 Å². The molecule has 4 N–H and O–H groups in total. The molecule has 4 heteroatoms. The minimum atomic E-state index is -0.359. The molecule has 0 aliphatic carbocycles. The smallest absolute Gasteiger partial charge is 0.165 e. The van der Waals surface area contributed by atoms with Gasteiger partial charge >= 0.3 is 0 Å². The van der Waals surface area contributed by atoms with Crippen LogP contribution in [0.2, 0.25) is 0 Å². The first-order valence-electron chi connectivity index (χ1n) is 5.57. The fraction of sp³-hybridized carbons (Fsp3) is 0.500. The van der Waals surface area contributed by atoms with E-state index in [1.54, 1.807) is 12.1 Å². The van der Waals surface area contributed by atoms with Crippen LogP contribution in [-0.4, -0.2) is 13.2 Å². The van der Waals surface area contributed by atoms with Crippen LogP contribution in [0, 0.1) is 5.82 Å². The molecule has 0 amide bonds. The number of benzene rings is 1. The molecule has 0 fully saturated rings. The van der Waals surface area contributed by atoms with Crippen LogP contribution < -0.4 is 16.2 Å². The highest BCUT2D eigenvalue weighted by Gasteiger charge is 2.09. The van der Waals surface area contributed by atoms with Crippen LogP contribution in [0.15, 0.2) is 18.2 Å². The molecule has 1 aromatic rings. The summed E-state index contributed by atoms with van der Waals surface area (Å²) in [4.78, 5) is 0. The maximum atomic E-state index is 13.5. The Bertz CT molecular complexity index is 331. The summed E-state index contributed by atoms with van der Waals surface area (Å²) in [6.45, 7) is 2.88. The largest absolute Gasteiger partial charge is 0.491 e. The number of hydrogen-bond donors (Lipinski definition) is 2. The molecule has 3 nitrogen and oxygen atoms in total. The fourth-order valence-corrected chi connectivity index (χ4v) is 1.52. The summed E-state index contributed by atoms with van der Waals surface area (Å²) in [5.41, 5.74) is 12.1. The zero-order valence-electron chi connectivity index (χ0n) is 9.58. The molecule has 1 unspecified atom stereocenters. The molecule has 1 aromatic carbocycles. The summed E-state index contributed by atoms with van der Waals surface area (Å²) in [6, 6.07) is 4.70. The topological polar surface area (TPSA) is 61.3 Å². The van der Waals surface area contributed by atoms with Gasteiger partial charge in [-0.2, -0.15) is 0 Å². The van der Waals surface area contributed by atoms with Crippen LogP contribution in [0.4, 0.5) is 4.39 Å². The van der Waals surface area contributed by atoms with E-state index < -0.39 is 0 Å². The molecule has 1 rings (SSSR count). The lowest BCUT2D eigenvalue weighted by Crippen LogP contribution is -2.12. The lowest BCUT2D eigenvalue weighted by Gasteiger charge is -2.13. The van der Waals surface area contributed by atoms with Crippen molar-refractivity contribution < 1.29 is 9.13 Å². The first-order valence-corrected chi connectivity index (χ1v) is 5.57. The number of halogens is 1. The normalized spacial score (nSPS) is 12.5. The van der Waals surface area contributed by atoms with Gasteiger partial charge in [-0.1, -0.05) is 6.07 Å². The molecule has 16 heavy (non-hydrogen) atoms.